The van der Waals surface area contributed by atoms with Crippen LogP contribution < -0.4 is 10.2 Å². The van der Waals surface area contributed by atoms with E-state index in [1.165, 1.54) is 16.7 Å². The maximum absolute atomic E-state index is 13.8. The summed E-state index contributed by atoms with van der Waals surface area (Å²) in [6.45, 7) is 6.04. The van der Waals surface area contributed by atoms with Crippen molar-refractivity contribution in [1.82, 2.24) is 5.32 Å². The number of hydrogen-bond acceptors (Lipinski definition) is 4. The van der Waals surface area contributed by atoms with Gasteiger partial charge in [0.15, 0.2) is 0 Å². The average molecular weight is 565 g/mol. The molecule has 1 saturated heterocycles. The maximum Gasteiger partial charge on any atom is 0.265 e. The molecule has 0 bridgehead atoms. The van der Waals surface area contributed by atoms with E-state index < -0.39 is 11.2 Å². The molecule has 1 aliphatic rings. The van der Waals surface area contributed by atoms with Crippen molar-refractivity contribution in [2.45, 2.75) is 44.4 Å². The van der Waals surface area contributed by atoms with Crippen molar-refractivity contribution in [2.75, 3.05) is 4.90 Å². The standard InChI is InChI=1S/C30H27Cl2N3O2S/c1-18(2)20-10-13-24(14-11-20)35-29(37)27(15-22-9-12-23(31)16-26(22)32)38-30(35)25(17-33)28(36)34-19(3)21-7-5-4-6-8-21/h4-14,16,18-19,27H,15H2,1-3H3,(H,34,36)/b30-25-. The number of nitriles is 1. The molecule has 3 aromatic rings. The molecule has 0 saturated carbocycles. The second-order valence-corrected chi connectivity index (χ2v) is 11.4. The van der Waals surface area contributed by atoms with E-state index in [0.29, 0.717) is 33.1 Å². The summed E-state index contributed by atoms with van der Waals surface area (Å²) in [5, 5.41) is 13.7. The fraction of sp³-hybridized carbons (Fsp3) is 0.233. The third kappa shape index (κ3) is 6.07. The van der Waals surface area contributed by atoms with Crippen molar-refractivity contribution in [3.05, 3.63) is 110 Å². The van der Waals surface area contributed by atoms with Gasteiger partial charge in [0.25, 0.3) is 5.91 Å². The molecule has 1 fully saturated rings. The van der Waals surface area contributed by atoms with Gasteiger partial charge in [-0.25, -0.2) is 0 Å². The Morgan fingerprint density at radius 3 is 2.32 bits per heavy atom. The normalized spacial score (nSPS) is 17.3. The van der Waals surface area contributed by atoms with Gasteiger partial charge in [0, 0.05) is 15.7 Å². The Labute approximate surface area is 237 Å². The first-order valence-corrected chi connectivity index (χ1v) is 13.9. The van der Waals surface area contributed by atoms with E-state index in [1.807, 2.05) is 61.5 Å². The lowest BCUT2D eigenvalue weighted by Gasteiger charge is -2.20. The summed E-state index contributed by atoms with van der Waals surface area (Å²) >= 11 is 13.7. The highest BCUT2D eigenvalue weighted by Gasteiger charge is 2.41. The maximum atomic E-state index is 13.8. The number of hydrogen-bond donors (Lipinski definition) is 1. The van der Waals surface area contributed by atoms with Crippen LogP contribution in [0.15, 0.2) is 83.4 Å². The minimum Gasteiger partial charge on any atom is -0.345 e. The molecule has 1 N–H and O–H groups in total. The third-order valence-electron chi connectivity index (χ3n) is 6.39. The van der Waals surface area contributed by atoms with Crippen molar-refractivity contribution in [3.8, 4) is 6.07 Å². The summed E-state index contributed by atoms with van der Waals surface area (Å²) in [5.41, 5.74) is 3.29. The summed E-state index contributed by atoms with van der Waals surface area (Å²) in [4.78, 5) is 28.6. The number of nitrogens with zero attached hydrogens (tertiary/aromatic N) is 2. The van der Waals surface area contributed by atoms with Gasteiger partial charge in [-0.2, -0.15) is 5.26 Å². The molecule has 2 atom stereocenters. The summed E-state index contributed by atoms with van der Waals surface area (Å²) in [5.74, 6) is -0.430. The van der Waals surface area contributed by atoms with Crippen LogP contribution >= 0.6 is 35.0 Å². The van der Waals surface area contributed by atoms with Crippen LogP contribution in [0.25, 0.3) is 0 Å². The van der Waals surface area contributed by atoms with Crippen molar-refractivity contribution in [1.29, 1.82) is 5.26 Å². The van der Waals surface area contributed by atoms with Gasteiger partial charge >= 0.3 is 0 Å². The molecule has 8 heteroatoms. The molecule has 1 aliphatic heterocycles. The lowest BCUT2D eigenvalue weighted by molar-refractivity contribution is -0.117. The highest BCUT2D eigenvalue weighted by Crippen LogP contribution is 2.43. The molecule has 0 aliphatic carbocycles. The molecule has 3 aromatic carbocycles. The fourth-order valence-electron chi connectivity index (χ4n) is 4.21. The fourth-order valence-corrected chi connectivity index (χ4v) is 5.99. The largest absolute Gasteiger partial charge is 0.345 e. The number of rotatable bonds is 7. The number of halogens is 2. The molecule has 0 spiro atoms. The monoisotopic (exact) mass is 563 g/mol. The van der Waals surface area contributed by atoms with Crippen LogP contribution in [0.1, 0.15) is 49.4 Å². The van der Waals surface area contributed by atoms with Crippen LogP contribution in [0.3, 0.4) is 0 Å². The van der Waals surface area contributed by atoms with Gasteiger partial charge < -0.3 is 5.32 Å². The van der Waals surface area contributed by atoms with Crippen LogP contribution in [0.5, 0.6) is 0 Å². The zero-order valence-electron chi connectivity index (χ0n) is 21.2. The van der Waals surface area contributed by atoms with Crippen LogP contribution in [0.4, 0.5) is 5.69 Å². The second kappa shape index (κ2) is 12.1. The molecular formula is C30H27Cl2N3O2S. The number of benzene rings is 3. The quantitative estimate of drug-likeness (QED) is 0.239. The summed E-state index contributed by atoms with van der Waals surface area (Å²) < 4.78 is 0. The van der Waals surface area contributed by atoms with Crippen molar-refractivity contribution in [3.63, 3.8) is 0 Å². The number of anilines is 1. The molecule has 2 unspecified atom stereocenters. The Hall–Kier alpha value is -3.24. The number of carbonyl (C=O) groups excluding carboxylic acids is 2. The first kappa shape index (κ1) is 27.8. The van der Waals surface area contributed by atoms with Crippen molar-refractivity contribution in [2.24, 2.45) is 0 Å². The van der Waals surface area contributed by atoms with E-state index in [0.717, 1.165) is 16.7 Å². The highest BCUT2D eigenvalue weighted by molar-refractivity contribution is 8.05. The predicted octanol–water partition coefficient (Wildman–Crippen LogP) is 7.42. The van der Waals surface area contributed by atoms with E-state index in [4.69, 9.17) is 23.2 Å². The van der Waals surface area contributed by atoms with Gasteiger partial charge in [-0.15, -0.1) is 0 Å². The van der Waals surface area contributed by atoms with Crippen LogP contribution in [0.2, 0.25) is 10.0 Å². The summed E-state index contributed by atoms with van der Waals surface area (Å²) in [6.07, 6.45) is 0.324. The molecule has 38 heavy (non-hydrogen) atoms. The molecule has 194 valence electrons. The predicted molar refractivity (Wildman–Crippen MR) is 155 cm³/mol. The van der Waals surface area contributed by atoms with Gasteiger partial charge in [0.1, 0.15) is 16.7 Å². The Bertz CT molecular complexity index is 1420. The number of thioether (sulfide) groups is 1. The van der Waals surface area contributed by atoms with Gasteiger partial charge in [-0.3, -0.25) is 14.5 Å². The molecule has 0 aromatic heterocycles. The first-order chi connectivity index (χ1) is 18.2. The Balaban J connectivity index is 1.72. The third-order valence-corrected chi connectivity index (χ3v) is 8.24. The Kier molecular flexibility index (Phi) is 8.83. The van der Waals surface area contributed by atoms with Crippen LogP contribution in [-0.2, 0) is 16.0 Å². The molecule has 1 heterocycles. The Morgan fingerprint density at radius 1 is 1.03 bits per heavy atom. The number of amides is 2. The summed E-state index contributed by atoms with van der Waals surface area (Å²) in [6, 6.07) is 24.0. The van der Waals surface area contributed by atoms with Crippen LogP contribution in [-0.4, -0.2) is 17.1 Å². The van der Waals surface area contributed by atoms with Crippen molar-refractivity contribution >= 4 is 52.5 Å². The van der Waals surface area contributed by atoms with Gasteiger partial charge in [-0.1, -0.05) is 97.3 Å². The van der Waals surface area contributed by atoms with Crippen molar-refractivity contribution < 1.29 is 9.59 Å². The van der Waals surface area contributed by atoms with E-state index in [1.54, 1.807) is 18.2 Å². The SMILES string of the molecule is CC(C)c1ccc(N2C(=O)C(Cc3ccc(Cl)cc3Cl)S/C2=C(/C#N)C(=O)NC(C)c2ccccc2)cc1. The second-order valence-electron chi connectivity index (χ2n) is 9.36. The topological polar surface area (TPSA) is 73.2 Å². The lowest BCUT2D eigenvalue weighted by atomic mass is 10.0. The minimum absolute atomic E-state index is 0.108. The molecule has 5 nitrogen and oxygen atoms in total. The molecule has 0 radical (unpaired) electrons. The van der Waals surface area contributed by atoms with E-state index in [2.05, 4.69) is 25.2 Å². The highest BCUT2D eigenvalue weighted by atomic mass is 35.5. The summed E-state index contributed by atoms with van der Waals surface area (Å²) in [7, 11) is 0. The minimum atomic E-state index is -0.573. The van der Waals surface area contributed by atoms with Crippen LogP contribution in [0, 0.1) is 11.3 Å². The van der Waals surface area contributed by atoms with Gasteiger partial charge in [-0.05, 0) is 60.2 Å². The smallest absolute Gasteiger partial charge is 0.265 e. The molecular weight excluding hydrogens is 537 g/mol. The van der Waals surface area contributed by atoms with E-state index >= 15 is 0 Å². The average Bonchev–Trinajstić information content (AvgIpc) is 3.21. The zero-order valence-corrected chi connectivity index (χ0v) is 23.6. The van der Waals surface area contributed by atoms with E-state index in [9.17, 15) is 14.9 Å². The van der Waals surface area contributed by atoms with Gasteiger partial charge in [0.05, 0.1) is 11.3 Å². The Morgan fingerprint density at radius 2 is 1.71 bits per heavy atom. The van der Waals surface area contributed by atoms with Gasteiger partial charge in [0.2, 0.25) is 5.91 Å². The first-order valence-electron chi connectivity index (χ1n) is 12.2. The number of carbonyl (C=O) groups is 2. The molecule has 2 amide bonds. The molecule has 4 rings (SSSR count). The number of nitrogens with one attached hydrogen (secondary N) is 1. The lowest BCUT2D eigenvalue weighted by Crippen LogP contribution is -2.33. The zero-order chi connectivity index (χ0) is 27.4. The van der Waals surface area contributed by atoms with E-state index in [-0.39, 0.29) is 17.5 Å².